The summed E-state index contributed by atoms with van der Waals surface area (Å²) < 4.78 is 0. The zero-order valence-corrected chi connectivity index (χ0v) is 11.5. The number of hydrogen-bond acceptors (Lipinski definition) is 1. The van der Waals surface area contributed by atoms with E-state index in [-0.39, 0.29) is 0 Å². The Morgan fingerprint density at radius 3 is 2.29 bits per heavy atom. The van der Waals surface area contributed by atoms with E-state index in [2.05, 4.69) is 39.8 Å². The van der Waals surface area contributed by atoms with Crippen LogP contribution >= 0.6 is 0 Å². The third-order valence-corrected chi connectivity index (χ3v) is 4.18. The van der Waals surface area contributed by atoms with E-state index >= 15 is 0 Å². The van der Waals surface area contributed by atoms with E-state index in [0.717, 1.165) is 19.3 Å². The van der Waals surface area contributed by atoms with Crippen LogP contribution in [0.5, 0.6) is 0 Å². The fourth-order valence-electron chi connectivity index (χ4n) is 3.35. The van der Waals surface area contributed by atoms with Gasteiger partial charge in [-0.2, -0.15) is 0 Å². The lowest BCUT2D eigenvalue weighted by Gasteiger charge is -2.25. The van der Waals surface area contributed by atoms with Gasteiger partial charge in [0, 0.05) is 6.42 Å². The lowest BCUT2D eigenvalue weighted by Crippen LogP contribution is -2.28. The minimum atomic E-state index is -0.454. The largest absolute Gasteiger partial charge is 0.390 e. The molecule has 0 heterocycles. The number of aliphatic hydroxyl groups is 1. The van der Waals surface area contributed by atoms with Crippen LogP contribution in [-0.4, -0.2) is 10.7 Å². The van der Waals surface area contributed by atoms with Gasteiger partial charge in [-0.3, -0.25) is 0 Å². The van der Waals surface area contributed by atoms with Gasteiger partial charge in [0.2, 0.25) is 0 Å². The highest BCUT2D eigenvalue weighted by atomic mass is 16.3. The van der Waals surface area contributed by atoms with Crippen molar-refractivity contribution in [1.82, 2.24) is 0 Å². The van der Waals surface area contributed by atoms with Crippen molar-refractivity contribution in [3.05, 3.63) is 34.4 Å². The molecular formula is C16H24O. The SMILES string of the molecule is Cc1cc(C)c(CC2(O)CCC(C)C2)c(C)c1. The summed E-state index contributed by atoms with van der Waals surface area (Å²) in [6, 6.07) is 4.45. The molecule has 1 nitrogen and oxygen atoms in total. The van der Waals surface area contributed by atoms with E-state index in [1.54, 1.807) is 0 Å². The summed E-state index contributed by atoms with van der Waals surface area (Å²) in [6.45, 7) is 8.71. The third-order valence-electron chi connectivity index (χ3n) is 4.18. The molecule has 2 unspecified atom stereocenters. The smallest absolute Gasteiger partial charge is 0.0690 e. The van der Waals surface area contributed by atoms with Crippen LogP contribution < -0.4 is 0 Å². The van der Waals surface area contributed by atoms with Crippen LogP contribution in [0.3, 0.4) is 0 Å². The minimum absolute atomic E-state index is 0.454. The van der Waals surface area contributed by atoms with Gasteiger partial charge < -0.3 is 5.11 Å². The zero-order valence-electron chi connectivity index (χ0n) is 11.5. The molecule has 94 valence electrons. The van der Waals surface area contributed by atoms with Gasteiger partial charge in [0.05, 0.1) is 5.60 Å². The van der Waals surface area contributed by atoms with Gasteiger partial charge >= 0.3 is 0 Å². The summed E-state index contributed by atoms with van der Waals surface area (Å²) in [7, 11) is 0. The van der Waals surface area contributed by atoms with Gasteiger partial charge in [0.15, 0.2) is 0 Å². The van der Waals surface area contributed by atoms with E-state index in [1.807, 2.05) is 0 Å². The van der Waals surface area contributed by atoms with Crippen LogP contribution in [0, 0.1) is 26.7 Å². The van der Waals surface area contributed by atoms with Crippen molar-refractivity contribution in [1.29, 1.82) is 0 Å². The van der Waals surface area contributed by atoms with Gasteiger partial charge in [-0.1, -0.05) is 24.6 Å². The van der Waals surface area contributed by atoms with E-state index in [9.17, 15) is 5.11 Å². The van der Waals surface area contributed by atoms with Gasteiger partial charge in [0.25, 0.3) is 0 Å². The second-order valence-electron chi connectivity index (χ2n) is 6.13. The predicted octanol–water partition coefficient (Wildman–Crippen LogP) is 3.71. The first kappa shape index (κ1) is 12.6. The fraction of sp³-hybridized carbons (Fsp3) is 0.625. The van der Waals surface area contributed by atoms with Crippen LogP contribution in [-0.2, 0) is 6.42 Å². The first-order valence-electron chi connectivity index (χ1n) is 6.69. The molecule has 1 heteroatoms. The minimum Gasteiger partial charge on any atom is -0.390 e. The van der Waals surface area contributed by atoms with E-state index in [4.69, 9.17) is 0 Å². The molecule has 0 radical (unpaired) electrons. The highest BCUT2D eigenvalue weighted by Gasteiger charge is 2.35. The molecule has 1 aromatic rings. The Morgan fingerprint density at radius 2 is 1.82 bits per heavy atom. The molecule has 17 heavy (non-hydrogen) atoms. The average molecular weight is 232 g/mol. The molecule has 2 atom stereocenters. The number of benzene rings is 1. The van der Waals surface area contributed by atoms with Crippen molar-refractivity contribution in [2.24, 2.45) is 5.92 Å². The fourth-order valence-corrected chi connectivity index (χ4v) is 3.35. The van der Waals surface area contributed by atoms with Crippen molar-refractivity contribution < 1.29 is 5.11 Å². The second kappa shape index (κ2) is 4.45. The van der Waals surface area contributed by atoms with Gasteiger partial charge in [-0.05, 0) is 62.6 Å². The molecule has 0 bridgehead atoms. The number of hydrogen-bond donors (Lipinski definition) is 1. The van der Waals surface area contributed by atoms with Crippen LogP contribution in [0.4, 0.5) is 0 Å². The van der Waals surface area contributed by atoms with Crippen LogP contribution in [0.15, 0.2) is 12.1 Å². The van der Waals surface area contributed by atoms with E-state index in [0.29, 0.717) is 5.92 Å². The van der Waals surface area contributed by atoms with Crippen molar-refractivity contribution in [3.8, 4) is 0 Å². The maximum absolute atomic E-state index is 10.6. The molecule has 1 N–H and O–H groups in total. The maximum Gasteiger partial charge on any atom is 0.0690 e. The maximum atomic E-state index is 10.6. The Balaban J connectivity index is 2.24. The average Bonchev–Trinajstić information content (AvgIpc) is 2.53. The topological polar surface area (TPSA) is 20.2 Å². The molecule has 0 aromatic heterocycles. The highest BCUT2D eigenvalue weighted by molar-refractivity contribution is 5.38. The summed E-state index contributed by atoms with van der Waals surface area (Å²) in [5, 5.41) is 10.6. The predicted molar refractivity (Wildman–Crippen MR) is 72.3 cm³/mol. The van der Waals surface area contributed by atoms with E-state index < -0.39 is 5.60 Å². The first-order valence-corrected chi connectivity index (χ1v) is 6.69. The molecule has 1 aliphatic carbocycles. The summed E-state index contributed by atoms with van der Waals surface area (Å²) in [6.07, 6.45) is 3.91. The molecule has 1 aliphatic rings. The molecule has 0 spiro atoms. The van der Waals surface area contributed by atoms with Crippen molar-refractivity contribution in [2.75, 3.05) is 0 Å². The molecule has 0 aliphatic heterocycles. The molecule has 1 saturated carbocycles. The molecule has 1 aromatic carbocycles. The van der Waals surface area contributed by atoms with Gasteiger partial charge in [-0.15, -0.1) is 0 Å². The Kier molecular flexibility index (Phi) is 3.31. The molecule has 1 fully saturated rings. The van der Waals surface area contributed by atoms with Crippen LogP contribution in [0.2, 0.25) is 0 Å². The quantitative estimate of drug-likeness (QED) is 0.824. The molecule has 0 amide bonds. The third kappa shape index (κ3) is 2.71. The summed E-state index contributed by atoms with van der Waals surface area (Å²) in [5.74, 6) is 0.672. The monoisotopic (exact) mass is 232 g/mol. The standard InChI is InChI=1S/C16H24O/c1-11-5-6-16(17,9-11)10-15-13(3)7-12(2)8-14(15)4/h7-8,11,17H,5-6,9-10H2,1-4H3. The summed E-state index contributed by atoms with van der Waals surface area (Å²) >= 11 is 0. The lowest BCUT2D eigenvalue weighted by atomic mass is 9.87. The molecular weight excluding hydrogens is 208 g/mol. The van der Waals surface area contributed by atoms with Gasteiger partial charge in [-0.25, -0.2) is 0 Å². The Labute approximate surface area is 105 Å². The van der Waals surface area contributed by atoms with Crippen molar-refractivity contribution in [2.45, 2.75) is 59.0 Å². The van der Waals surface area contributed by atoms with Crippen molar-refractivity contribution >= 4 is 0 Å². The normalized spacial score (nSPS) is 28.6. The lowest BCUT2D eigenvalue weighted by molar-refractivity contribution is 0.0443. The highest BCUT2D eigenvalue weighted by Crippen LogP contribution is 2.37. The van der Waals surface area contributed by atoms with E-state index in [1.165, 1.54) is 28.7 Å². The molecule has 2 rings (SSSR count). The number of aryl methyl sites for hydroxylation is 3. The summed E-state index contributed by atoms with van der Waals surface area (Å²) in [4.78, 5) is 0. The van der Waals surface area contributed by atoms with Crippen LogP contribution in [0.1, 0.15) is 48.4 Å². The van der Waals surface area contributed by atoms with Gasteiger partial charge in [0.1, 0.15) is 0 Å². The number of rotatable bonds is 2. The Hall–Kier alpha value is -0.820. The Bertz CT molecular complexity index is 399. The second-order valence-corrected chi connectivity index (χ2v) is 6.13. The Morgan fingerprint density at radius 1 is 1.24 bits per heavy atom. The van der Waals surface area contributed by atoms with Crippen LogP contribution in [0.25, 0.3) is 0 Å². The first-order chi connectivity index (χ1) is 7.89. The molecule has 0 saturated heterocycles. The zero-order chi connectivity index (χ0) is 12.6. The van der Waals surface area contributed by atoms with Crippen molar-refractivity contribution in [3.63, 3.8) is 0 Å². The summed E-state index contributed by atoms with van der Waals surface area (Å²) in [5.41, 5.74) is 4.87.